The van der Waals surface area contributed by atoms with Gasteiger partial charge in [0.05, 0.1) is 36.4 Å². The number of carbonyl (C=O) groups is 3. The number of hydrogen-bond donors (Lipinski definition) is 1. The van der Waals surface area contributed by atoms with Crippen LogP contribution < -0.4 is 15.0 Å². The van der Waals surface area contributed by atoms with Crippen molar-refractivity contribution in [1.29, 1.82) is 0 Å². The second-order valence-electron chi connectivity index (χ2n) is 7.86. The van der Waals surface area contributed by atoms with Crippen LogP contribution in [0.25, 0.3) is 0 Å². The van der Waals surface area contributed by atoms with Gasteiger partial charge in [0, 0.05) is 18.5 Å². The SMILES string of the molecule is COc1ccc(C(CC(=O)OC(C)C)NC(=O)c2ccc(Cl)c(N3CCCC3=O)c2)cc1. The molecule has 2 amide bonds. The first-order valence-electron chi connectivity index (χ1n) is 10.5. The van der Waals surface area contributed by atoms with E-state index in [0.717, 1.165) is 12.0 Å². The number of methoxy groups -OCH3 is 1. The Morgan fingerprint density at radius 1 is 1.16 bits per heavy atom. The number of ether oxygens (including phenoxy) is 2. The summed E-state index contributed by atoms with van der Waals surface area (Å²) >= 11 is 6.30. The number of hydrogen-bond acceptors (Lipinski definition) is 5. The highest BCUT2D eigenvalue weighted by molar-refractivity contribution is 6.34. The number of amides is 2. The van der Waals surface area contributed by atoms with Crippen LogP contribution in [0.3, 0.4) is 0 Å². The van der Waals surface area contributed by atoms with Gasteiger partial charge in [-0.1, -0.05) is 23.7 Å². The molecular weight excluding hydrogens is 432 g/mol. The maximum absolute atomic E-state index is 13.1. The highest BCUT2D eigenvalue weighted by atomic mass is 35.5. The van der Waals surface area contributed by atoms with E-state index in [1.54, 1.807) is 68.3 Å². The number of benzene rings is 2. The summed E-state index contributed by atoms with van der Waals surface area (Å²) in [4.78, 5) is 39.1. The van der Waals surface area contributed by atoms with Gasteiger partial charge >= 0.3 is 5.97 Å². The zero-order chi connectivity index (χ0) is 23.3. The van der Waals surface area contributed by atoms with Crippen molar-refractivity contribution < 1.29 is 23.9 Å². The molecule has 1 unspecified atom stereocenters. The largest absolute Gasteiger partial charge is 0.497 e. The molecule has 1 N–H and O–H groups in total. The fourth-order valence-electron chi connectivity index (χ4n) is 3.57. The fourth-order valence-corrected chi connectivity index (χ4v) is 3.79. The molecule has 0 saturated carbocycles. The lowest BCUT2D eigenvalue weighted by molar-refractivity contribution is -0.148. The standard InChI is InChI=1S/C24H27ClN2O5/c1-15(2)32-23(29)14-20(16-6-9-18(31-3)10-7-16)26-24(30)17-8-11-19(25)21(13-17)27-12-4-5-22(27)28/h6-11,13,15,20H,4-5,12,14H2,1-3H3,(H,26,30). The quantitative estimate of drug-likeness (QED) is 0.596. The van der Waals surface area contributed by atoms with Gasteiger partial charge in [-0.2, -0.15) is 0 Å². The Kier molecular flexibility index (Phi) is 7.75. The molecule has 32 heavy (non-hydrogen) atoms. The van der Waals surface area contributed by atoms with Crippen LogP contribution in [0.15, 0.2) is 42.5 Å². The monoisotopic (exact) mass is 458 g/mol. The molecule has 2 aromatic carbocycles. The molecule has 0 radical (unpaired) electrons. The summed E-state index contributed by atoms with van der Waals surface area (Å²) in [6.45, 7) is 4.11. The van der Waals surface area contributed by atoms with Gasteiger partial charge in [0.15, 0.2) is 0 Å². The molecule has 170 valence electrons. The molecule has 0 aromatic heterocycles. The van der Waals surface area contributed by atoms with E-state index in [1.807, 2.05) is 0 Å². The highest BCUT2D eigenvalue weighted by Gasteiger charge is 2.26. The number of nitrogens with zero attached hydrogens (tertiary/aromatic N) is 1. The van der Waals surface area contributed by atoms with E-state index in [1.165, 1.54) is 0 Å². The topological polar surface area (TPSA) is 84.9 Å². The van der Waals surface area contributed by atoms with Gasteiger partial charge < -0.3 is 19.7 Å². The summed E-state index contributed by atoms with van der Waals surface area (Å²) in [5.74, 6) is -0.147. The molecule has 8 heteroatoms. The maximum Gasteiger partial charge on any atom is 0.308 e. The summed E-state index contributed by atoms with van der Waals surface area (Å²) in [5, 5.41) is 3.32. The normalized spacial score (nSPS) is 14.4. The van der Waals surface area contributed by atoms with Gasteiger partial charge in [-0.3, -0.25) is 14.4 Å². The summed E-state index contributed by atoms with van der Waals surface area (Å²) in [5.41, 5.74) is 1.60. The number of rotatable bonds is 8. The zero-order valence-electron chi connectivity index (χ0n) is 18.4. The van der Waals surface area contributed by atoms with Gasteiger partial charge in [-0.15, -0.1) is 0 Å². The van der Waals surface area contributed by atoms with Crippen LogP contribution in [0.5, 0.6) is 5.75 Å². The van der Waals surface area contributed by atoms with E-state index >= 15 is 0 Å². The second kappa shape index (κ2) is 10.5. The Morgan fingerprint density at radius 3 is 2.47 bits per heavy atom. The number of halogens is 1. The Morgan fingerprint density at radius 2 is 1.88 bits per heavy atom. The Balaban J connectivity index is 1.83. The minimum absolute atomic E-state index is 0.0167. The van der Waals surface area contributed by atoms with Crippen molar-refractivity contribution in [2.75, 3.05) is 18.6 Å². The molecule has 7 nitrogen and oxygen atoms in total. The molecule has 1 atom stereocenters. The van der Waals surface area contributed by atoms with Crippen LogP contribution in [-0.2, 0) is 14.3 Å². The average molecular weight is 459 g/mol. The molecule has 1 heterocycles. The van der Waals surface area contributed by atoms with Crippen LogP contribution in [-0.4, -0.2) is 37.5 Å². The van der Waals surface area contributed by atoms with Crippen molar-refractivity contribution in [3.63, 3.8) is 0 Å². The molecular formula is C24H27ClN2O5. The lowest BCUT2D eigenvalue weighted by Crippen LogP contribution is -2.31. The molecule has 1 saturated heterocycles. The van der Waals surface area contributed by atoms with Crippen LogP contribution >= 0.6 is 11.6 Å². The van der Waals surface area contributed by atoms with Gasteiger partial charge in [0.1, 0.15) is 5.75 Å². The highest BCUT2D eigenvalue weighted by Crippen LogP contribution is 2.31. The molecule has 0 bridgehead atoms. The average Bonchev–Trinajstić information content (AvgIpc) is 3.18. The predicted octanol–water partition coefficient (Wildman–Crippen LogP) is 4.29. The van der Waals surface area contributed by atoms with Gasteiger partial charge in [-0.05, 0) is 56.2 Å². The van der Waals surface area contributed by atoms with Crippen molar-refractivity contribution in [2.24, 2.45) is 0 Å². The van der Waals surface area contributed by atoms with Crippen molar-refractivity contribution in [2.45, 2.75) is 45.3 Å². The molecule has 0 aliphatic carbocycles. The van der Waals surface area contributed by atoms with Crippen molar-refractivity contribution in [3.05, 3.63) is 58.6 Å². The third-order valence-corrected chi connectivity index (χ3v) is 5.45. The van der Waals surface area contributed by atoms with E-state index < -0.39 is 12.0 Å². The number of anilines is 1. The van der Waals surface area contributed by atoms with Crippen molar-refractivity contribution >= 4 is 35.1 Å². The fraction of sp³-hybridized carbons (Fsp3) is 0.375. The summed E-state index contributed by atoms with van der Waals surface area (Å²) in [6.07, 6.45) is 0.931. The number of esters is 1. The van der Waals surface area contributed by atoms with E-state index in [2.05, 4.69) is 5.32 Å². The maximum atomic E-state index is 13.1. The van der Waals surface area contributed by atoms with Gasteiger partial charge in [0.2, 0.25) is 5.91 Å². The van der Waals surface area contributed by atoms with Crippen LogP contribution in [0.1, 0.15) is 55.1 Å². The first-order valence-corrected chi connectivity index (χ1v) is 10.9. The Labute approximate surface area is 192 Å². The summed E-state index contributed by atoms with van der Waals surface area (Å²) in [7, 11) is 1.57. The number of nitrogens with one attached hydrogen (secondary N) is 1. The lowest BCUT2D eigenvalue weighted by Gasteiger charge is -2.21. The minimum Gasteiger partial charge on any atom is -0.497 e. The lowest BCUT2D eigenvalue weighted by atomic mass is 10.0. The first-order chi connectivity index (χ1) is 15.3. The van der Waals surface area contributed by atoms with Crippen molar-refractivity contribution in [1.82, 2.24) is 5.32 Å². The summed E-state index contributed by atoms with van der Waals surface area (Å²) < 4.78 is 10.5. The van der Waals surface area contributed by atoms with Gasteiger partial charge in [-0.25, -0.2) is 0 Å². The molecule has 1 aliphatic heterocycles. The summed E-state index contributed by atoms with van der Waals surface area (Å²) in [6, 6.07) is 11.3. The second-order valence-corrected chi connectivity index (χ2v) is 8.26. The third kappa shape index (κ3) is 5.79. The van der Waals surface area contributed by atoms with Crippen LogP contribution in [0, 0.1) is 0 Å². The molecule has 0 spiro atoms. The van der Waals surface area contributed by atoms with Crippen LogP contribution in [0.2, 0.25) is 5.02 Å². The third-order valence-electron chi connectivity index (χ3n) is 5.13. The van der Waals surface area contributed by atoms with E-state index in [9.17, 15) is 14.4 Å². The van der Waals surface area contributed by atoms with Crippen molar-refractivity contribution in [3.8, 4) is 5.75 Å². The zero-order valence-corrected chi connectivity index (χ0v) is 19.1. The number of carbonyl (C=O) groups excluding carboxylic acids is 3. The molecule has 2 aromatic rings. The van der Waals surface area contributed by atoms with Gasteiger partial charge in [0.25, 0.3) is 5.91 Å². The Hall–Kier alpha value is -3.06. The Bertz CT molecular complexity index is 990. The van der Waals surface area contributed by atoms with E-state index in [4.69, 9.17) is 21.1 Å². The molecule has 1 fully saturated rings. The van der Waals surface area contributed by atoms with Crippen LogP contribution in [0.4, 0.5) is 5.69 Å². The predicted molar refractivity (Wildman–Crippen MR) is 122 cm³/mol. The molecule has 1 aliphatic rings. The first kappa shape index (κ1) is 23.6. The van der Waals surface area contributed by atoms with E-state index in [0.29, 0.717) is 35.0 Å². The smallest absolute Gasteiger partial charge is 0.308 e. The molecule has 3 rings (SSSR count). The minimum atomic E-state index is -0.604. The van der Waals surface area contributed by atoms with E-state index in [-0.39, 0.29) is 24.3 Å².